The zero-order chi connectivity index (χ0) is 57.8. The molecule has 0 N–H and O–H groups in total. The number of unbranched alkanes of at least 4 members (excludes halogenated alkanes) is 56. The Morgan fingerprint density at radius 1 is 0.237 bits per heavy atom. The van der Waals surface area contributed by atoms with E-state index in [4.69, 9.17) is 14.2 Å². The highest BCUT2D eigenvalue weighted by Gasteiger charge is 2.20. The molecule has 0 bridgehead atoms. The number of carbonyl (C=O) groups excluding carboxylic acids is 3. The Labute approximate surface area is 501 Å². The van der Waals surface area contributed by atoms with E-state index < -0.39 is 6.10 Å². The average Bonchev–Trinajstić information content (AvgIpc) is 3.46. The third-order valence-electron chi connectivity index (χ3n) is 17.0. The minimum Gasteiger partial charge on any atom is -0.462 e. The summed E-state index contributed by atoms with van der Waals surface area (Å²) in [5.74, 6) is -0.825. The molecular weight excluding hydrogens is 985 g/mol. The Morgan fingerprint density at radius 2 is 0.412 bits per heavy atom. The van der Waals surface area contributed by atoms with Crippen LogP contribution in [0.25, 0.3) is 0 Å². The van der Waals surface area contributed by atoms with E-state index in [2.05, 4.69) is 32.9 Å². The van der Waals surface area contributed by atoms with Crippen molar-refractivity contribution in [2.45, 2.75) is 431 Å². The van der Waals surface area contributed by atoms with Gasteiger partial charge in [0.2, 0.25) is 0 Å². The van der Waals surface area contributed by atoms with Crippen molar-refractivity contribution in [3.63, 3.8) is 0 Å². The normalized spacial score (nSPS) is 12.0. The molecule has 0 fully saturated rings. The fourth-order valence-electron chi connectivity index (χ4n) is 11.5. The third kappa shape index (κ3) is 66.9. The second-order valence-electron chi connectivity index (χ2n) is 25.2. The Bertz CT molecular complexity index is 1250. The fraction of sp³-hybridized carbons (Fsp3) is 0.932. The molecular formula is C74H142O6. The van der Waals surface area contributed by atoms with Crippen molar-refractivity contribution < 1.29 is 28.6 Å². The Morgan fingerprint density at radius 3 is 0.625 bits per heavy atom. The van der Waals surface area contributed by atoms with Crippen molar-refractivity contribution in [1.82, 2.24) is 0 Å². The molecule has 1 unspecified atom stereocenters. The molecule has 6 heteroatoms. The first kappa shape index (κ1) is 78.1. The van der Waals surface area contributed by atoms with Gasteiger partial charge in [-0.15, -0.1) is 0 Å². The molecule has 0 aromatic heterocycles. The molecule has 0 aliphatic carbocycles. The first-order valence-electron chi connectivity index (χ1n) is 36.7. The first-order valence-corrected chi connectivity index (χ1v) is 36.7. The van der Waals surface area contributed by atoms with E-state index in [0.29, 0.717) is 19.3 Å². The van der Waals surface area contributed by atoms with Gasteiger partial charge in [0.15, 0.2) is 6.10 Å². The van der Waals surface area contributed by atoms with E-state index >= 15 is 0 Å². The molecule has 0 radical (unpaired) electrons. The summed E-state index contributed by atoms with van der Waals surface area (Å²) in [6.07, 6.45) is 84.0. The van der Waals surface area contributed by atoms with E-state index in [1.165, 1.54) is 327 Å². The molecule has 0 saturated heterocycles. The Hall–Kier alpha value is -1.85. The van der Waals surface area contributed by atoms with Crippen LogP contribution in [0.15, 0.2) is 12.2 Å². The molecule has 0 amide bonds. The first-order chi connectivity index (χ1) is 39.5. The lowest BCUT2D eigenvalue weighted by Gasteiger charge is -2.18. The van der Waals surface area contributed by atoms with Crippen LogP contribution in [0.5, 0.6) is 0 Å². The molecule has 80 heavy (non-hydrogen) atoms. The van der Waals surface area contributed by atoms with Crippen LogP contribution in [0.3, 0.4) is 0 Å². The fourth-order valence-corrected chi connectivity index (χ4v) is 11.5. The highest BCUT2D eigenvalue weighted by Crippen LogP contribution is 2.19. The molecule has 0 rings (SSSR count). The minimum absolute atomic E-state index is 0.0618. The highest BCUT2D eigenvalue weighted by molar-refractivity contribution is 5.71. The number of rotatable bonds is 69. The van der Waals surface area contributed by atoms with Crippen molar-refractivity contribution in [1.29, 1.82) is 0 Å². The van der Waals surface area contributed by atoms with Gasteiger partial charge < -0.3 is 14.2 Å². The van der Waals surface area contributed by atoms with E-state index in [-0.39, 0.29) is 31.1 Å². The SMILES string of the molecule is CCCCCCCCCC/C=C\CCCCCCCCCCCCCCCCCCCCCC(=O)OCC(COC(=O)CCCCCCCCCCCCCC)OC(=O)CCCCCCCCCCCCCCCCCCCCC. The molecule has 0 spiro atoms. The van der Waals surface area contributed by atoms with E-state index in [9.17, 15) is 14.4 Å². The lowest BCUT2D eigenvalue weighted by molar-refractivity contribution is -0.167. The molecule has 0 aliphatic heterocycles. The molecule has 0 aromatic carbocycles. The predicted octanol–water partition coefficient (Wildman–Crippen LogP) is 25.2. The number of allylic oxidation sites excluding steroid dienone is 2. The molecule has 0 aromatic rings. The third-order valence-corrected chi connectivity index (χ3v) is 17.0. The summed E-state index contributed by atoms with van der Waals surface area (Å²) in [6.45, 7) is 6.73. The van der Waals surface area contributed by atoms with Gasteiger partial charge >= 0.3 is 17.9 Å². The summed E-state index contributed by atoms with van der Waals surface area (Å²) < 4.78 is 17.0. The maximum atomic E-state index is 12.9. The van der Waals surface area contributed by atoms with Crippen LogP contribution in [0, 0.1) is 0 Å². The van der Waals surface area contributed by atoms with Crippen LogP contribution >= 0.6 is 0 Å². The number of esters is 3. The molecule has 6 nitrogen and oxygen atoms in total. The standard InChI is InChI=1S/C74H142O6/c1-4-7-10-13-16-19-22-25-27-29-31-32-33-34-35-36-37-38-39-40-41-42-44-45-47-49-52-55-58-61-64-67-73(76)79-70-71(69-78-72(75)66-63-60-57-54-51-24-21-18-15-12-9-6-3)80-74(77)68-65-62-59-56-53-50-48-46-43-30-28-26-23-20-17-14-11-8-5-2/h29,31,71H,4-28,30,32-70H2,1-3H3/b31-29-. The number of ether oxygens (including phenoxy) is 3. The van der Waals surface area contributed by atoms with Gasteiger partial charge in [0.25, 0.3) is 0 Å². The predicted molar refractivity (Wildman–Crippen MR) is 349 cm³/mol. The van der Waals surface area contributed by atoms with Gasteiger partial charge in [-0.05, 0) is 44.9 Å². The van der Waals surface area contributed by atoms with Crippen LogP contribution in [-0.4, -0.2) is 37.2 Å². The lowest BCUT2D eigenvalue weighted by atomic mass is 10.0. The second kappa shape index (κ2) is 69.6. The van der Waals surface area contributed by atoms with Crippen molar-refractivity contribution in [2.24, 2.45) is 0 Å². The van der Waals surface area contributed by atoms with Crippen molar-refractivity contribution in [3.8, 4) is 0 Å². The molecule has 0 heterocycles. The van der Waals surface area contributed by atoms with Crippen molar-refractivity contribution in [2.75, 3.05) is 13.2 Å². The summed E-state index contributed by atoms with van der Waals surface area (Å²) in [7, 11) is 0. The van der Waals surface area contributed by atoms with Gasteiger partial charge in [-0.1, -0.05) is 373 Å². The lowest BCUT2D eigenvalue weighted by Crippen LogP contribution is -2.30. The number of carbonyl (C=O) groups is 3. The Kier molecular flexibility index (Phi) is 68.0. The topological polar surface area (TPSA) is 78.9 Å². The second-order valence-corrected chi connectivity index (χ2v) is 25.2. The Balaban J connectivity index is 4.10. The van der Waals surface area contributed by atoms with Crippen LogP contribution in [0.2, 0.25) is 0 Å². The number of hydrogen-bond acceptors (Lipinski definition) is 6. The molecule has 0 aliphatic rings. The molecule has 474 valence electrons. The smallest absolute Gasteiger partial charge is 0.306 e. The summed E-state index contributed by atoms with van der Waals surface area (Å²) in [5, 5.41) is 0. The van der Waals surface area contributed by atoms with Crippen LogP contribution in [-0.2, 0) is 28.6 Å². The summed E-state index contributed by atoms with van der Waals surface area (Å²) in [5.41, 5.74) is 0. The molecule has 0 saturated carbocycles. The van der Waals surface area contributed by atoms with Gasteiger partial charge in [0.05, 0.1) is 0 Å². The zero-order valence-corrected chi connectivity index (χ0v) is 54.6. The quantitative estimate of drug-likeness (QED) is 0.0261. The van der Waals surface area contributed by atoms with Crippen LogP contribution < -0.4 is 0 Å². The summed E-state index contributed by atoms with van der Waals surface area (Å²) in [4.78, 5) is 38.4. The van der Waals surface area contributed by atoms with Gasteiger partial charge in [-0.25, -0.2) is 0 Å². The monoisotopic (exact) mass is 1130 g/mol. The van der Waals surface area contributed by atoms with Gasteiger partial charge in [-0.3, -0.25) is 14.4 Å². The van der Waals surface area contributed by atoms with Gasteiger partial charge in [0, 0.05) is 19.3 Å². The highest BCUT2D eigenvalue weighted by atomic mass is 16.6. The maximum Gasteiger partial charge on any atom is 0.306 e. The minimum atomic E-state index is -0.764. The van der Waals surface area contributed by atoms with Gasteiger partial charge in [-0.2, -0.15) is 0 Å². The van der Waals surface area contributed by atoms with Crippen molar-refractivity contribution >= 4 is 17.9 Å². The number of hydrogen-bond donors (Lipinski definition) is 0. The van der Waals surface area contributed by atoms with Crippen molar-refractivity contribution in [3.05, 3.63) is 12.2 Å². The van der Waals surface area contributed by atoms with Crippen LogP contribution in [0.4, 0.5) is 0 Å². The zero-order valence-electron chi connectivity index (χ0n) is 54.6. The molecule has 1 atom stereocenters. The largest absolute Gasteiger partial charge is 0.462 e. The maximum absolute atomic E-state index is 12.9. The van der Waals surface area contributed by atoms with E-state index in [1.807, 2.05) is 0 Å². The van der Waals surface area contributed by atoms with E-state index in [1.54, 1.807) is 0 Å². The van der Waals surface area contributed by atoms with Crippen LogP contribution in [0.1, 0.15) is 425 Å². The van der Waals surface area contributed by atoms with Gasteiger partial charge in [0.1, 0.15) is 13.2 Å². The van der Waals surface area contributed by atoms with E-state index in [0.717, 1.165) is 57.8 Å². The average molecular weight is 1130 g/mol. The summed E-state index contributed by atoms with van der Waals surface area (Å²) in [6, 6.07) is 0. The summed E-state index contributed by atoms with van der Waals surface area (Å²) >= 11 is 0.